The lowest BCUT2D eigenvalue weighted by atomic mass is 10.1. The zero-order valence-electron chi connectivity index (χ0n) is 14.3. The van der Waals surface area contributed by atoms with Crippen LogP contribution in [-0.4, -0.2) is 63.4 Å². The molecule has 0 saturated carbocycles. The molecule has 1 aliphatic heterocycles. The molecule has 1 saturated heterocycles. The quantitative estimate of drug-likeness (QED) is 0.756. The van der Waals surface area contributed by atoms with Crippen LogP contribution in [0.25, 0.3) is 16.8 Å². The van der Waals surface area contributed by atoms with E-state index in [-0.39, 0.29) is 5.56 Å². The van der Waals surface area contributed by atoms with E-state index in [1.165, 1.54) is 0 Å². The molecule has 4 rings (SSSR count). The van der Waals surface area contributed by atoms with Gasteiger partial charge in [0.05, 0.1) is 13.2 Å². The Morgan fingerprint density at radius 1 is 1.15 bits per heavy atom. The van der Waals surface area contributed by atoms with Crippen LogP contribution in [0.4, 0.5) is 0 Å². The van der Waals surface area contributed by atoms with Gasteiger partial charge in [-0.05, 0) is 11.6 Å². The maximum atomic E-state index is 11.7. The number of nitrogens with zero attached hydrogens (tertiary/aromatic N) is 4. The van der Waals surface area contributed by atoms with Crippen molar-refractivity contribution in [2.75, 3.05) is 32.8 Å². The first-order valence-electron chi connectivity index (χ1n) is 8.69. The van der Waals surface area contributed by atoms with Crippen LogP contribution >= 0.6 is 0 Å². The van der Waals surface area contributed by atoms with Crippen LogP contribution in [0.5, 0.6) is 0 Å². The number of fused-ring (bicyclic) bond motifs is 1. The average Bonchev–Trinajstić information content (AvgIpc) is 3.10. The van der Waals surface area contributed by atoms with Crippen molar-refractivity contribution in [2.45, 2.75) is 6.42 Å². The molecule has 0 atom stereocenters. The van der Waals surface area contributed by atoms with E-state index >= 15 is 0 Å². The number of aromatic carboxylic acids is 1. The molecule has 3 heterocycles. The van der Waals surface area contributed by atoms with Crippen molar-refractivity contribution in [2.24, 2.45) is 0 Å². The van der Waals surface area contributed by atoms with Gasteiger partial charge in [0.15, 0.2) is 11.5 Å². The van der Waals surface area contributed by atoms with E-state index in [2.05, 4.69) is 15.0 Å². The van der Waals surface area contributed by atoms with Crippen LogP contribution in [0.3, 0.4) is 0 Å². The molecule has 1 aromatic carbocycles. The average molecular weight is 352 g/mol. The molecule has 0 radical (unpaired) electrons. The minimum absolute atomic E-state index is 0.163. The van der Waals surface area contributed by atoms with Crippen LogP contribution in [-0.2, 0) is 11.2 Å². The van der Waals surface area contributed by atoms with Gasteiger partial charge in [0, 0.05) is 37.8 Å². The number of aromatic nitrogens is 3. The van der Waals surface area contributed by atoms with E-state index in [1.54, 1.807) is 10.6 Å². The molecule has 1 aliphatic rings. The lowest BCUT2D eigenvalue weighted by molar-refractivity contribution is 0.0382. The second-order valence-corrected chi connectivity index (χ2v) is 6.31. The highest BCUT2D eigenvalue weighted by Crippen LogP contribution is 2.22. The van der Waals surface area contributed by atoms with Crippen LogP contribution < -0.4 is 0 Å². The SMILES string of the molecule is O=C(O)c1cc(-c2ccccc2)cn2nc(CCN3CCOCC3)nc12. The summed E-state index contributed by atoms with van der Waals surface area (Å²) in [5.41, 5.74) is 2.30. The smallest absolute Gasteiger partial charge is 0.339 e. The number of carboxylic acid groups (broad SMARTS) is 1. The van der Waals surface area contributed by atoms with Crippen LogP contribution in [0, 0.1) is 0 Å². The maximum Gasteiger partial charge on any atom is 0.339 e. The Morgan fingerprint density at radius 3 is 2.65 bits per heavy atom. The summed E-state index contributed by atoms with van der Waals surface area (Å²) >= 11 is 0. The first kappa shape index (κ1) is 16.7. The minimum atomic E-state index is -1.00. The second-order valence-electron chi connectivity index (χ2n) is 6.31. The van der Waals surface area contributed by atoms with Gasteiger partial charge in [-0.25, -0.2) is 14.3 Å². The summed E-state index contributed by atoms with van der Waals surface area (Å²) in [6, 6.07) is 11.3. The fraction of sp³-hybridized carbons (Fsp3) is 0.316. The minimum Gasteiger partial charge on any atom is -0.478 e. The second kappa shape index (κ2) is 7.23. The number of rotatable bonds is 5. The number of hydrogen-bond acceptors (Lipinski definition) is 5. The highest BCUT2D eigenvalue weighted by atomic mass is 16.5. The Morgan fingerprint density at radius 2 is 1.92 bits per heavy atom. The monoisotopic (exact) mass is 352 g/mol. The Labute approximate surface area is 150 Å². The Kier molecular flexibility index (Phi) is 4.64. The first-order valence-corrected chi connectivity index (χ1v) is 8.69. The molecule has 134 valence electrons. The van der Waals surface area contributed by atoms with Crippen molar-refractivity contribution < 1.29 is 14.6 Å². The molecule has 0 aliphatic carbocycles. The predicted octanol–water partition coefficient (Wildman–Crippen LogP) is 1.97. The summed E-state index contributed by atoms with van der Waals surface area (Å²) < 4.78 is 6.94. The molecule has 2 aromatic heterocycles. The van der Waals surface area contributed by atoms with Gasteiger partial charge in [-0.2, -0.15) is 5.10 Å². The van der Waals surface area contributed by atoms with Crippen molar-refractivity contribution >= 4 is 11.6 Å². The van der Waals surface area contributed by atoms with E-state index in [0.29, 0.717) is 17.9 Å². The molecule has 0 unspecified atom stereocenters. The summed E-state index contributed by atoms with van der Waals surface area (Å²) in [6.07, 6.45) is 2.52. The summed E-state index contributed by atoms with van der Waals surface area (Å²) in [5.74, 6) is -0.343. The lowest BCUT2D eigenvalue weighted by Gasteiger charge is -2.25. The molecule has 7 nitrogen and oxygen atoms in total. The van der Waals surface area contributed by atoms with E-state index < -0.39 is 5.97 Å². The fourth-order valence-electron chi connectivity index (χ4n) is 3.16. The predicted molar refractivity (Wildman–Crippen MR) is 96.3 cm³/mol. The molecule has 3 aromatic rings. The van der Waals surface area contributed by atoms with E-state index in [9.17, 15) is 9.90 Å². The number of hydrogen-bond donors (Lipinski definition) is 1. The topological polar surface area (TPSA) is 80.0 Å². The summed E-state index contributed by atoms with van der Waals surface area (Å²) in [5, 5.41) is 14.1. The van der Waals surface area contributed by atoms with Gasteiger partial charge in [0.2, 0.25) is 0 Å². The molecule has 1 fully saturated rings. The Hall–Kier alpha value is -2.77. The standard InChI is InChI=1S/C19H20N4O3/c24-19(25)16-12-15(14-4-2-1-3-5-14)13-23-18(16)20-17(21-23)6-7-22-8-10-26-11-9-22/h1-5,12-13H,6-11H2,(H,24,25). The molecular formula is C19H20N4O3. The van der Waals surface area contributed by atoms with Crippen LogP contribution in [0.2, 0.25) is 0 Å². The highest BCUT2D eigenvalue weighted by molar-refractivity contribution is 5.95. The summed E-state index contributed by atoms with van der Waals surface area (Å²) in [4.78, 5) is 18.5. The number of pyridine rings is 1. The number of carbonyl (C=O) groups is 1. The van der Waals surface area contributed by atoms with E-state index in [0.717, 1.165) is 44.0 Å². The molecular weight excluding hydrogens is 332 g/mol. The van der Waals surface area contributed by atoms with Gasteiger partial charge < -0.3 is 9.84 Å². The zero-order valence-corrected chi connectivity index (χ0v) is 14.3. The lowest BCUT2D eigenvalue weighted by Crippen LogP contribution is -2.37. The maximum absolute atomic E-state index is 11.7. The third-order valence-corrected chi connectivity index (χ3v) is 4.57. The Bertz CT molecular complexity index is 917. The first-order chi connectivity index (χ1) is 12.7. The molecule has 0 amide bonds. The number of carboxylic acids is 1. The summed E-state index contributed by atoms with van der Waals surface area (Å²) in [6.45, 7) is 4.16. The molecule has 7 heteroatoms. The van der Waals surface area contributed by atoms with Crippen molar-refractivity contribution in [3.05, 3.63) is 54.0 Å². The van der Waals surface area contributed by atoms with Gasteiger partial charge in [-0.3, -0.25) is 4.90 Å². The van der Waals surface area contributed by atoms with Gasteiger partial charge in [-0.1, -0.05) is 30.3 Å². The van der Waals surface area contributed by atoms with Crippen LogP contribution in [0.15, 0.2) is 42.6 Å². The number of morpholine rings is 1. The molecule has 0 bridgehead atoms. The fourth-order valence-corrected chi connectivity index (χ4v) is 3.16. The molecule has 26 heavy (non-hydrogen) atoms. The van der Waals surface area contributed by atoms with Crippen molar-refractivity contribution in [3.8, 4) is 11.1 Å². The van der Waals surface area contributed by atoms with Crippen molar-refractivity contribution in [3.63, 3.8) is 0 Å². The third-order valence-electron chi connectivity index (χ3n) is 4.57. The van der Waals surface area contributed by atoms with Gasteiger partial charge in [-0.15, -0.1) is 0 Å². The third kappa shape index (κ3) is 3.44. The highest BCUT2D eigenvalue weighted by Gasteiger charge is 2.17. The van der Waals surface area contributed by atoms with Crippen molar-refractivity contribution in [1.29, 1.82) is 0 Å². The van der Waals surface area contributed by atoms with Gasteiger partial charge in [0.25, 0.3) is 0 Å². The van der Waals surface area contributed by atoms with E-state index in [1.807, 2.05) is 36.5 Å². The largest absolute Gasteiger partial charge is 0.478 e. The molecule has 1 N–H and O–H groups in total. The summed E-state index contributed by atoms with van der Waals surface area (Å²) in [7, 11) is 0. The normalized spacial score (nSPS) is 15.4. The van der Waals surface area contributed by atoms with E-state index in [4.69, 9.17) is 4.74 Å². The van der Waals surface area contributed by atoms with Gasteiger partial charge >= 0.3 is 5.97 Å². The molecule has 0 spiro atoms. The van der Waals surface area contributed by atoms with Crippen LogP contribution in [0.1, 0.15) is 16.2 Å². The Balaban J connectivity index is 1.65. The zero-order chi connectivity index (χ0) is 17.9. The number of benzene rings is 1. The number of ether oxygens (including phenoxy) is 1. The van der Waals surface area contributed by atoms with Gasteiger partial charge in [0.1, 0.15) is 5.56 Å². The van der Waals surface area contributed by atoms with Crippen molar-refractivity contribution in [1.82, 2.24) is 19.5 Å².